The van der Waals surface area contributed by atoms with Gasteiger partial charge >= 0.3 is 0 Å². The molecule has 1 saturated heterocycles. The number of unbranched alkanes of at least 4 members (excludes halogenated alkanes) is 2. The predicted molar refractivity (Wildman–Crippen MR) is 68.2 cm³/mol. The molecule has 2 heteroatoms. The molecule has 0 aliphatic carbocycles. The van der Waals surface area contributed by atoms with Gasteiger partial charge in [-0.05, 0) is 57.7 Å². The van der Waals surface area contributed by atoms with Gasteiger partial charge in [-0.3, -0.25) is 0 Å². The number of nitriles is 1. The van der Waals surface area contributed by atoms with Gasteiger partial charge < -0.3 is 4.90 Å². The van der Waals surface area contributed by atoms with Crippen LogP contribution in [0, 0.1) is 17.2 Å². The predicted octanol–water partition coefficient (Wildman–Crippen LogP) is 3.58. The molecule has 2 nitrogen and oxygen atoms in total. The van der Waals surface area contributed by atoms with Gasteiger partial charge in [-0.25, -0.2) is 0 Å². The highest BCUT2D eigenvalue weighted by atomic mass is 15.1. The van der Waals surface area contributed by atoms with Crippen LogP contribution in [-0.4, -0.2) is 24.5 Å². The van der Waals surface area contributed by atoms with Gasteiger partial charge in [-0.1, -0.05) is 19.8 Å². The van der Waals surface area contributed by atoms with E-state index in [1.54, 1.807) is 0 Å². The van der Waals surface area contributed by atoms with Crippen molar-refractivity contribution < 1.29 is 0 Å². The van der Waals surface area contributed by atoms with Crippen LogP contribution in [0.15, 0.2) is 0 Å². The SMILES string of the molecule is CCCC1CCCN(CCCCC#N)CC1. The Hall–Kier alpha value is -0.550. The molecule has 1 heterocycles. The lowest BCUT2D eigenvalue weighted by atomic mass is 9.96. The molecule has 16 heavy (non-hydrogen) atoms. The van der Waals surface area contributed by atoms with Crippen LogP contribution in [0.25, 0.3) is 0 Å². The van der Waals surface area contributed by atoms with Gasteiger partial charge in [-0.15, -0.1) is 0 Å². The van der Waals surface area contributed by atoms with E-state index in [-0.39, 0.29) is 0 Å². The zero-order valence-corrected chi connectivity index (χ0v) is 10.7. The lowest BCUT2D eigenvalue weighted by Gasteiger charge is -2.19. The Kier molecular flexibility index (Phi) is 7.25. The number of hydrogen-bond donors (Lipinski definition) is 0. The molecule has 0 amide bonds. The van der Waals surface area contributed by atoms with Gasteiger partial charge in [-0.2, -0.15) is 5.26 Å². The van der Waals surface area contributed by atoms with E-state index < -0.39 is 0 Å². The van der Waals surface area contributed by atoms with E-state index in [1.807, 2.05) is 0 Å². The molecule has 0 aromatic carbocycles. The van der Waals surface area contributed by atoms with Crippen molar-refractivity contribution in [2.24, 2.45) is 5.92 Å². The Morgan fingerprint density at radius 2 is 2.12 bits per heavy atom. The second-order valence-corrected chi connectivity index (χ2v) is 5.04. The van der Waals surface area contributed by atoms with E-state index in [2.05, 4.69) is 17.9 Å². The molecule has 1 fully saturated rings. The highest BCUT2D eigenvalue weighted by Gasteiger charge is 2.15. The normalized spacial score (nSPS) is 22.6. The van der Waals surface area contributed by atoms with E-state index >= 15 is 0 Å². The maximum absolute atomic E-state index is 8.48. The average Bonchev–Trinajstić information content (AvgIpc) is 2.51. The highest BCUT2D eigenvalue weighted by Crippen LogP contribution is 2.21. The fraction of sp³-hybridized carbons (Fsp3) is 0.929. The zero-order chi connectivity index (χ0) is 11.6. The van der Waals surface area contributed by atoms with Crippen molar-refractivity contribution in [3.8, 4) is 6.07 Å². The molecule has 1 atom stereocenters. The average molecular weight is 222 g/mol. The summed E-state index contributed by atoms with van der Waals surface area (Å²) < 4.78 is 0. The molecule has 0 bridgehead atoms. The summed E-state index contributed by atoms with van der Waals surface area (Å²) >= 11 is 0. The lowest BCUT2D eigenvalue weighted by molar-refractivity contribution is 0.274. The minimum atomic E-state index is 0.728. The van der Waals surface area contributed by atoms with Crippen molar-refractivity contribution in [2.75, 3.05) is 19.6 Å². The molecule has 0 N–H and O–H groups in total. The first kappa shape index (κ1) is 13.5. The van der Waals surface area contributed by atoms with Gasteiger partial charge in [0.1, 0.15) is 0 Å². The topological polar surface area (TPSA) is 27.0 Å². The van der Waals surface area contributed by atoms with E-state index in [0.717, 1.165) is 18.8 Å². The molecule has 1 rings (SSSR count). The van der Waals surface area contributed by atoms with Crippen molar-refractivity contribution in [1.82, 2.24) is 4.90 Å². The fourth-order valence-corrected chi connectivity index (χ4v) is 2.68. The van der Waals surface area contributed by atoms with Gasteiger partial charge in [0, 0.05) is 6.42 Å². The third-order valence-electron chi connectivity index (χ3n) is 3.65. The van der Waals surface area contributed by atoms with Crippen molar-refractivity contribution >= 4 is 0 Å². The molecule has 0 radical (unpaired) electrons. The van der Waals surface area contributed by atoms with Crippen LogP contribution in [0.5, 0.6) is 0 Å². The van der Waals surface area contributed by atoms with Crippen LogP contribution in [0.1, 0.15) is 58.3 Å². The van der Waals surface area contributed by atoms with Crippen LogP contribution in [-0.2, 0) is 0 Å². The maximum Gasteiger partial charge on any atom is 0.0621 e. The van der Waals surface area contributed by atoms with Crippen LogP contribution < -0.4 is 0 Å². The summed E-state index contributed by atoms with van der Waals surface area (Å²) in [5.74, 6) is 0.981. The van der Waals surface area contributed by atoms with Crippen molar-refractivity contribution in [1.29, 1.82) is 5.26 Å². The molecule has 1 unspecified atom stereocenters. The lowest BCUT2D eigenvalue weighted by Crippen LogP contribution is -2.25. The Morgan fingerprint density at radius 3 is 2.88 bits per heavy atom. The molecule has 0 saturated carbocycles. The highest BCUT2D eigenvalue weighted by molar-refractivity contribution is 4.72. The number of likely N-dealkylation sites (tertiary alicyclic amines) is 1. The summed E-state index contributed by atoms with van der Waals surface area (Å²) in [4.78, 5) is 2.60. The zero-order valence-electron chi connectivity index (χ0n) is 10.7. The van der Waals surface area contributed by atoms with Crippen LogP contribution in [0.4, 0.5) is 0 Å². The largest absolute Gasteiger partial charge is 0.303 e. The first-order chi connectivity index (χ1) is 7.86. The van der Waals surface area contributed by atoms with E-state index in [9.17, 15) is 0 Å². The second kappa shape index (κ2) is 8.58. The van der Waals surface area contributed by atoms with Crippen molar-refractivity contribution in [3.05, 3.63) is 0 Å². The minimum absolute atomic E-state index is 0.728. The quantitative estimate of drug-likeness (QED) is 0.642. The summed E-state index contributed by atoms with van der Waals surface area (Å²) in [6.07, 6.45) is 9.97. The molecule has 1 aliphatic rings. The van der Waals surface area contributed by atoms with E-state index in [1.165, 1.54) is 58.2 Å². The van der Waals surface area contributed by atoms with Crippen molar-refractivity contribution in [2.45, 2.75) is 58.3 Å². The molecule has 1 aliphatic heterocycles. The fourth-order valence-electron chi connectivity index (χ4n) is 2.68. The number of rotatable bonds is 6. The monoisotopic (exact) mass is 222 g/mol. The van der Waals surface area contributed by atoms with Gasteiger partial charge in [0.2, 0.25) is 0 Å². The van der Waals surface area contributed by atoms with E-state index in [4.69, 9.17) is 5.26 Å². The Balaban J connectivity index is 2.12. The Labute approximate surface area is 101 Å². The number of hydrogen-bond acceptors (Lipinski definition) is 2. The summed E-state index contributed by atoms with van der Waals surface area (Å²) in [6, 6.07) is 2.22. The van der Waals surface area contributed by atoms with E-state index in [0.29, 0.717) is 0 Å². The summed E-state index contributed by atoms with van der Waals surface area (Å²) in [6.45, 7) is 6.08. The standard InChI is InChI=1S/C14H26N2/c1-2-7-14-8-6-12-16(13-9-14)11-5-3-4-10-15/h14H,2-9,11-13H2,1H3. The second-order valence-electron chi connectivity index (χ2n) is 5.04. The molecule has 0 aromatic rings. The molecular weight excluding hydrogens is 196 g/mol. The molecular formula is C14H26N2. The van der Waals surface area contributed by atoms with Gasteiger partial charge in [0.05, 0.1) is 6.07 Å². The third-order valence-corrected chi connectivity index (χ3v) is 3.65. The smallest absolute Gasteiger partial charge is 0.0621 e. The Morgan fingerprint density at radius 1 is 1.25 bits per heavy atom. The summed E-state index contributed by atoms with van der Waals surface area (Å²) in [7, 11) is 0. The molecule has 0 spiro atoms. The minimum Gasteiger partial charge on any atom is -0.303 e. The summed E-state index contributed by atoms with van der Waals surface area (Å²) in [5, 5.41) is 8.48. The van der Waals surface area contributed by atoms with Crippen LogP contribution >= 0.6 is 0 Å². The third kappa shape index (κ3) is 5.51. The van der Waals surface area contributed by atoms with Crippen LogP contribution in [0.2, 0.25) is 0 Å². The van der Waals surface area contributed by atoms with Gasteiger partial charge in [0.25, 0.3) is 0 Å². The maximum atomic E-state index is 8.48. The molecule has 92 valence electrons. The van der Waals surface area contributed by atoms with Crippen LogP contribution in [0.3, 0.4) is 0 Å². The molecule has 0 aromatic heterocycles. The first-order valence-electron chi connectivity index (χ1n) is 6.96. The van der Waals surface area contributed by atoms with Crippen molar-refractivity contribution in [3.63, 3.8) is 0 Å². The first-order valence-corrected chi connectivity index (χ1v) is 6.96. The number of nitrogens with zero attached hydrogens (tertiary/aromatic N) is 2. The van der Waals surface area contributed by atoms with Gasteiger partial charge in [0.15, 0.2) is 0 Å². The summed E-state index contributed by atoms with van der Waals surface area (Å²) in [5.41, 5.74) is 0. The Bertz CT molecular complexity index is 207.